The first-order valence-corrected chi connectivity index (χ1v) is 12.1. The van der Waals surface area contributed by atoms with E-state index in [1.54, 1.807) is 26.8 Å². The van der Waals surface area contributed by atoms with Crippen LogP contribution < -0.4 is 11.1 Å². The number of amidine groups is 1. The largest absolute Gasteiger partial charge is 0.386 e. The summed E-state index contributed by atoms with van der Waals surface area (Å²) in [5, 5.41) is 11.6. The maximum atomic E-state index is 14.9. The van der Waals surface area contributed by atoms with Crippen molar-refractivity contribution in [3.05, 3.63) is 52.7 Å². The summed E-state index contributed by atoms with van der Waals surface area (Å²) in [4.78, 5) is 25.6. The van der Waals surface area contributed by atoms with E-state index in [0.717, 1.165) is 6.42 Å². The van der Waals surface area contributed by atoms with Crippen LogP contribution in [0.4, 0.5) is 10.2 Å². The van der Waals surface area contributed by atoms with Crippen molar-refractivity contribution in [2.45, 2.75) is 43.9 Å². The van der Waals surface area contributed by atoms with Crippen molar-refractivity contribution in [1.29, 1.82) is 5.26 Å². The minimum atomic E-state index is -2.81. The lowest BCUT2D eigenvalue weighted by Gasteiger charge is -2.43. The van der Waals surface area contributed by atoms with Crippen LogP contribution in [0.2, 0.25) is 0 Å². The second-order valence-electron chi connectivity index (χ2n) is 8.73. The zero-order valence-corrected chi connectivity index (χ0v) is 19.4. The molecule has 0 fully saturated rings. The molecule has 1 amide bonds. The molecule has 0 spiro atoms. The van der Waals surface area contributed by atoms with Gasteiger partial charge in [0.1, 0.15) is 45.2 Å². The lowest BCUT2D eigenvalue weighted by molar-refractivity contribution is 0.102. The number of fused-ring (bicyclic) bond motifs is 1. The number of halogens is 1. The van der Waals surface area contributed by atoms with Crippen LogP contribution in [0.15, 0.2) is 33.8 Å². The van der Waals surface area contributed by atoms with Crippen molar-refractivity contribution in [3.8, 4) is 6.07 Å². The highest BCUT2D eigenvalue weighted by molar-refractivity contribution is 7.95. The predicted molar refractivity (Wildman–Crippen MR) is 123 cm³/mol. The summed E-state index contributed by atoms with van der Waals surface area (Å²) in [6.07, 6.45) is 2.66. The molecule has 0 aliphatic carbocycles. The van der Waals surface area contributed by atoms with Crippen molar-refractivity contribution >= 4 is 27.3 Å². The highest BCUT2D eigenvalue weighted by atomic mass is 32.2. The lowest BCUT2D eigenvalue weighted by atomic mass is 9.96. The third-order valence-corrected chi connectivity index (χ3v) is 9.60. The summed E-state index contributed by atoms with van der Waals surface area (Å²) in [5.41, 5.74) is 5.85. The first-order valence-electron chi connectivity index (χ1n) is 10.4. The lowest BCUT2D eigenvalue weighted by Crippen LogP contribution is -2.57. The number of pyridine rings is 2. The Morgan fingerprint density at radius 3 is 2.82 bits per heavy atom. The number of hydrogen-bond donors (Lipinski definition) is 2. The number of carbonyl (C=O) groups excluding carboxylic acids is 1. The molecule has 0 aromatic carbocycles. The fraction of sp³-hybridized carbons (Fsp3) is 0.409. The fourth-order valence-electron chi connectivity index (χ4n) is 4.28. The van der Waals surface area contributed by atoms with Gasteiger partial charge < -0.3 is 11.1 Å². The van der Waals surface area contributed by atoms with Crippen LogP contribution in [0.25, 0.3) is 0 Å². The summed E-state index contributed by atoms with van der Waals surface area (Å²) in [6, 6.07) is 6.01. The van der Waals surface area contributed by atoms with E-state index in [-0.39, 0.29) is 28.8 Å². The molecule has 33 heavy (non-hydrogen) atoms. The SMILES string of the molecule is Cc1cc(C#N)cnc1C(=O)Nc1ccc(F)c([C@]2(C)C[S@@]3(=O)=NCCC[C@@]3(C)C(N)=N2)n1. The summed E-state index contributed by atoms with van der Waals surface area (Å²) in [7, 11) is -2.81. The zero-order valence-electron chi connectivity index (χ0n) is 18.6. The number of hydrogen-bond acceptors (Lipinski definition) is 8. The van der Waals surface area contributed by atoms with Gasteiger partial charge in [0.15, 0.2) is 0 Å². The van der Waals surface area contributed by atoms with Crippen molar-refractivity contribution < 1.29 is 13.4 Å². The molecule has 9 nitrogen and oxygen atoms in total. The van der Waals surface area contributed by atoms with Gasteiger partial charge in [-0.25, -0.2) is 22.9 Å². The molecule has 0 saturated carbocycles. The van der Waals surface area contributed by atoms with Gasteiger partial charge in [-0.3, -0.25) is 9.79 Å². The third kappa shape index (κ3) is 3.74. The molecule has 3 N–H and O–H groups in total. The van der Waals surface area contributed by atoms with Crippen molar-refractivity contribution in [2.75, 3.05) is 17.6 Å². The summed E-state index contributed by atoms with van der Waals surface area (Å²) >= 11 is 0. The quantitative estimate of drug-likeness (QED) is 0.706. The third-order valence-electron chi connectivity index (χ3n) is 6.22. The Kier molecular flexibility index (Phi) is 5.44. The van der Waals surface area contributed by atoms with Crippen molar-refractivity contribution in [2.24, 2.45) is 15.1 Å². The Morgan fingerprint density at radius 2 is 2.12 bits per heavy atom. The van der Waals surface area contributed by atoms with E-state index in [4.69, 9.17) is 11.0 Å². The van der Waals surface area contributed by atoms with E-state index < -0.39 is 31.7 Å². The number of rotatable bonds is 3. The van der Waals surface area contributed by atoms with Crippen molar-refractivity contribution in [1.82, 2.24) is 9.97 Å². The van der Waals surface area contributed by atoms with Gasteiger partial charge in [-0.2, -0.15) is 5.26 Å². The van der Waals surface area contributed by atoms with E-state index in [9.17, 15) is 13.4 Å². The molecule has 0 radical (unpaired) electrons. The van der Waals surface area contributed by atoms with Crippen LogP contribution in [0.1, 0.15) is 54.0 Å². The molecule has 11 heteroatoms. The summed E-state index contributed by atoms with van der Waals surface area (Å²) in [6.45, 7) is 5.54. The minimum absolute atomic E-state index is 0.0190. The highest BCUT2D eigenvalue weighted by Gasteiger charge is 2.51. The molecule has 0 unspecified atom stereocenters. The van der Waals surface area contributed by atoms with Crippen LogP contribution in [-0.4, -0.2) is 43.0 Å². The molecule has 0 bridgehead atoms. The van der Waals surface area contributed by atoms with Gasteiger partial charge in [0.25, 0.3) is 5.91 Å². The minimum Gasteiger partial charge on any atom is -0.386 e. The average molecular weight is 470 g/mol. The molecule has 172 valence electrons. The number of aliphatic imine (C=N–C) groups is 1. The number of nitrogens with one attached hydrogen (secondary N) is 1. The number of nitriles is 1. The number of nitrogens with two attached hydrogens (primary N) is 1. The van der Waals surface area contributed by atoms with Gasteiger partial charge in [0, 0.05) is 12.7 Å². The topological polar surface area (TPSA) is 146 Å². The van der Waals surface area contributed by atoms with Gasteiger partial charge in [0.2, 0.25) is 0 Å². The van der Waals surface area contributed by atoms with Gasteiger partial charge >= 0.3 is 0 Å². The Labute approximate surface area is 191 Å². The number of carbonyl (C=O) groups is 1. The van der Waals surface area contributed by atoms with Crippen LogP contribution >= 0.6 is 0 Å². The monoisotopic (exact) mass is 469 g/mol. The molecule has 2 aliphatic heterocycles. The molecular weight excluding hydrogens is 445 g/mol. The van der Waals surface area contributed by atoms with E-state index in [1.165, 1.54) is 18.3 Å². The Hall–Kier alpha value is -3.39. The van der Waals surface area contributed by atoms with Gasteiger partial charge in [-0.05, 0) is 57.4 Å². The Balaban J connectivity index is 1.70. The second kappa shape index (κ2) is 7.88. The Bertz CT molecular complexity index is 1360. The molecule has 3 atom stereocenters. The normalized spacial score (nSPS) is 28.6. The smallest absolute Gasteiger partial charge is 0.275 e. The number of amides is 1. The van der Waals surface area contributed by atoms with E-state index in [1.807, 2.05) is 6.07 Å². The molecule has 2 aliphatic rings. The number of nitrogens with zero attached hydrogens (tertiary/aromatic N) is 5. The second-order valence-corrected chi connectivity index (χ2v) is 11.5. The predicted octanol–water partition coefficient (Wildman–Crippen LogP) is 2.65. The van der Waals surface area contributed by atoms with E-state index >= 15 is 0 Å². The molecule has 0 saturated heterocycles. The fourth-order valence-corrected chi connectivity index (χ4v) is 7.20. The van der Waals surface area contributed by atoms with Gasteiger partial charge in [-0.15, -0.1) is 0 Å². The molecular formula is C22H24FN7O2S. The maximum Gasteiger partial charge on any atom is 0.275 e. The van der Waals surface area contributed by atoms with Crippen molar-refractivity contribution in [3.63, 3.8) is 0 Å². The molecule has 2 aromatic rings. The Morgan fingerprint density at radius 1 is 1.36 bits per heavy atom. The number of aromatic nitrogens is 2. The molecule has 4 heterocycles. The zero-order chi connectivity index (χ0) is 24.0. The highest BCUT2D eigenvalue weighted by Crippen LogP contribution is 2.42. The average Bonchev–Trinajstić information content (AvgIpc) is 2.76. The molecule has 2 aromatic heterocycles. The van der Waals surface area contributed by atoms with Crippen LogP contribution in [-0.2, 0) is 15.3 Å². The summed E-state index contributed by atoms with van der Waals surface area (Å²) in [5.74, 6) is -0.963. The van der Waals surface area contributed by atoms with E-state index in [2.05, 4.69) is 24.6 Å². The van der Waals surface area contributed by atoms with Crippen LogP contribution in [0.5, 0.6) is 0 Å². The first-order chi connectivity index (χ1) is 15.5. The number of anilines is 1. The van der Waals surface area contributed by atoms with Crippen LogP contribution in [0.3, 0.4) is 0 Å². The van der Waals surface area contributed by atoms with E-state index in [0.29, 0.717) is 24.1 Å². The molecule has 4 rings (SSSR count). The van der Waals surface area contributed by atoms with Gasteiger partial charge in [-0.1, -0.05) is 0 Å². The van der Waals surface area contributed by atoms with Crippen LogP contribution in [0, 0.1) is 24.1 Å². The summed E-state index contributed by atoms with van der Waals surface area (Å²) < 4.78 is 32.3. The van der Waals surface area contributed by atoms with Gasteiger partial charge in [0.05, 0.1) is 21.0 Å². The number of aryl methyl sites for hydroxylation is 1. The maximum absolute atomic E-state index is 14.9. The first kappa shape index (κ1) is 22.8. The standard InChI is InChI=1S/C22H24FN7O2S/c1-13-9-14(10-24)11-26-17(13)19(31)29-16-6-5-15(23)18(28-16)21(2)12-33(32)22(3,20(25)30-21)7-4-8-27-33/h5-6,9,11H,4,7-8,12H2,1-3H3,(H2,25,30)(H,28,29,31)/t21-,22-,33-/m0/s1.